The predicted octanol–water partition coefficient (Wildman–Crippen LogP) is 5.23. The lowest BCUT2D eigenvalue weighted by atomic mass is 10.0. The van der Waals surface area contributed by atoms with Crippen LogP contribution in [0.5, 0.6) is 0 Å². The van der Waals surface area contributed by atoms with Gasteiger partial charge in [0.15, 0.2) is 0 Å². The zero-order chi connectivity index (χ0) is 22.8. The fourth-order valence-corrected chi connectivity index (χ4v) is 4.32. The molecule has 4 aromatic rings. The second-order valence-electron chi connectivity index (χ2n) is 8.27. The standard InChI is InChI=1S/C26H23ClN4O2/c1-31-16-22(15-23(31)26-29-24(30-33-26)19-11-13-21(27)14-12-19)28-25(32)20-9-7-18(8-10-20)17-5-3-2-4-6-17/h2-14,22-23H,15-16H2,1H3,(H,28,32)/t22-,23-/m0/s1. The monoisotopic (exact) mass is 458 g/mol. The van der Waals surface area contributed by atoms with Crippen LogP contribution < -0.4 is 5.32 Å². The van der Waals surface area contributed by atoms with E-state index < -0.39 is 0 Å². The van der Waals surface area contributed by atoms with Gasteiger partial charge in [-0.3, -0.25) is 9.69 Å². The van der Waals surface area contributed by atoms with Gasteiger partial charge in [-0.05, 0) is 61.0 Å². The first-order valence-corrected chi connectivity index (χ1v) is 11.2. The second kappa shape index (κ2) is 9.17. The van der Waals surface area contributed by atoms with Crippen molar-refractivity contribution in [1.29, 1.82) is 0 Å². The first-order chi connectivity index (χ1) is 16.1. The van der Waals surface area contributed by atoms with Crippen LogP contribution in [0.2, 0.25) is 5.02 Å². The molecule has 1 fully saturated rings. The Morgan fingerprint density at radius 3 is 2.36 bits per heavy atom. The average molecular weight is 459 g/mol. The molecule has 166 valence electrons. The molecule has 0 unspecified atom stereocenters. The highest BCUT2D eigenvalue weighted by Gasteiger charge is 2.35. The van der Waals surface area contributed by atoms with Gasteiger partial charge in [0.25, 0.3) is 5.91 Å². The molecule has 2 atom stereocenters. The van der Waals surface area contributed by atoms with Crippen molar-refractivity contribution in [2.24, 2.45) is 0 Å². The Hall–Kier alpha value is -3.48. The van der Waals surface area contributed by atoms with Crippen LogP contribution in [0.15, 0.2) is 83.4 Å². The van der Waals surface area contributed by atoms with Gasteiger partial charge in [0.1, 0.15) is 0 Å². The molecule has 1 saturated heterocycles. The number of halogens is 1. The minimum absolute atomic E-state index is 0.00724. The molecule has 0 spiro atoms. The Morgan fingerprint density at radius 2 is 1.64 bits per heavy atom. The number of carbonyl (C=O) groups excluding carboxylic acids is 1. The third kappa shape index (κ3) is 4.67. The van der Waals surface area contributed by atoms with Crippen molar-refractivity contribution in [2.45, 2.75) is 18.5 Å². The number of nitrogens with one attached hydrogen (secondary N) is 1. The number of nitrogens with zero attached hydrogens (tertiary/aromatic N) is 3. The van der Waals surface area contributed by atoms with Gasteiger partial charge >= 0.3 is 0 Å². The summed E-state index contributed by atoms with van der Waals surface area (Å²) in [6.07, 6.45) is 0.701. The van der Waals surface area contributed by atoms with E-state index in [9.17, 15) is 4.79 Å². The van der Waals surface area contributed by atoms with Crippen LogP contribution in [-0.2, 0) is 0 Å². The van der Waals surface area contributed by atoms with Crippen LogP contribution in [0.3, 0.4) is 0 Å². The highest BCUT2D eigenvalue weighted by molar-refractivity contribution is 6.30. The Labute approximate surface area is 197 Å². The van der Waals surface area contributed by atoms with Gasteiger partial charge in [0.2, 0.25) is 11.7 Å². The summed E-state index contributed by atoms with van der Waals surface area (Å²) in [7, 11) is 2.00. The summed E-state index contributed by atoms with van der Waals surface area (Å²) < 4.78 is 5.55. The van der Waals surface area contributed by atoms with E-state index in [0.29, 0.717) is 35.3 Å². The van der Waals surface area contributed by atoms with Crippen LogP contribution in [-0.4, -0.2) is 40.6 Å². The van der Waals surface area contributed by atoms with Crippen molar-refractivity contribution in [2.75, 3.05) is 13.6 Å². The van der Waals surface area contributed by atoms with E-state index in [-0.39, 0.29) is 18.0 Å². The minimum Gasteiger partial charge on any atom is -0.348 e. The zero-order valence-corrected chi connectivity index (χ0v) is 18.9. The van der Waals surface area contributed by atoms with Gasteiger partial charge < -0.3 is 9.84 Å². The number of amides is 1. The molecule has 0 bridgehead atoms. The van der Waals surface area contributed by atoms with Crippen LogP contribution in [0.25, 0.3) is 22.5 Å². The predicted molar refractivity (Wildman–Crippen MR) is 128 cm³/mol. The molecular formula is C26H23ClN4O2. The topological polar surface area (TPSA) is 71.3 Å². The fraction of sp³-hybridized carbons (Fsp3) is 0.192. The summed E-state index contributed by atoms with van der Waals surface area (Å²) in [5, 5.41) is 7.92. The van der Waals surface area contributed by atoms with E-state index in [1.54, 1.807) is 12.1 Å². The van der Waals surface area contributed by atoms with Crippen molar-refractivity contribution in [3.63, 3.8) is 0 Å². The van der Waals surface area contributed by atoms with Crippen LogP contribution in [0, 0.1) is 0 Å². The van der Waals surface area contributed by atoms with E-state index >= 15 is 0 Å². The molecule has 2 heterocycles. The lowest BCUT2D eigenvalue weighted by Crippen LogP contribution is -2.36. The number of likely N-dealkylation sites (N-methyl/N-ethyl adjacent to an activating group) is 1. The van der Waals surface area contributed by atoms with Crippen molar-refractivity contribution in [3.8, 4) is 22.5 Å². The molecule has 1 amide bonds. The number of rotatable bonds is 5. The lowest BCUT2D eigenvalue weighted by Gasteiger charge is -2.14. The van der Waals surface area contributed by atoms with Crippen molar-refractivity contribution in [1.82, 2.24) is 20.4 Å². The first kappa shape index (κ1) is 21.4. The molecule has 1 aromatic heterocycles. The Balaban J connectivity index is 1.23. The van der Waals surface area contributed by atoms with Gasteiger partial charge in [0.05, 0.1) is 6.04 Å². The van der Waals surface area contributed by atoms with Crippen molar-refractivity contribution >= 4 is 17.5 Å². The summed E-state index contributed by atoms with van der Waals surface area (Å²) in [5.41, 5.74) is 3.70. The summed E-state index contributed by atoms with van der Waals surface area (Å²) in [4.78, 5) is 19.5. The van der Waals surface area contributed by atoms with Crippen molar-refractivity contribution in [3.05, 3.63) is 95.3 Å². The molecule has 33 heavy (non-hydrogen) atoms. The number of benzene rings is 3. The smallest absolute Gasteiger partial charge is 0.251 e. The van der Waals surface area contributed by atoms with Gasteiger partial charge in [-0.2, -0.15) is 4.98 Å². The molecule has 6 nitrogen and oxygen atoms in total. The van der Waals surface area contributed by atoms with Gasteiger partial charge in [-0.1, -0.05) is 59.2 Å². The van der Waals surface area contributed by atoms with Gasteiger partial charge in [-0.25, -0.2) is 0 Å². The lowest BCUT2D eigenvalue weighted by molar-refractivity contribution is 0.0938. The molecule has 1 aliphatic heterocycles. The van der Waals surface area contributed by atoms with E-state index in [2.05, 4.69) is 32.5 Å². The summed E-state index contributed by atoms with van der Waals surface area (Å²) >= 11 is 5.96. The molecule has 7 heteroatoms. The minimum atomic E-state index is -0.0824. The summed E-state index contributed by atoms with van der Waals surface area (Å²) in [5.74, 6) is 0.994. The second-order valence-corrected chi connectivity index (χ2v) is 8.70. The maximum Gasteiger partial charge on any atom is 0.251 e. The molecule has 0 aliphatic carbocycles. The maximum atomic E-state index is 12.8. The number of likely N-dealkylation sites (tertiary alicyclic amines) is 1. The number of aromatic nitrogens is 2. The molecule has 0 radical (unpaired) electrons. The Bertz CT molecular complexity index is 1240. The molecule has 5 rings (SSSR count). The number of carbonyl (C=O) groups is 1. The molecule has 3 aromatic carbocycles. The quantitative estimate of drug-likeness (QED) is 0.443. The molecule has 1 aliphatic rings. The number of hydrogen-bond acceptors (Lipinski definition) is 5. The first-order valence-electron chi connectivity index (χ1n) is 10.8. The SMILES string of the molecule is CN1C[C@@H](NC(=O)c2ccc(-c3ccccc3)cc2)C[C@H]1c1nc(-c2ccc(Cl)cc2)no1. The van der Waals surface area contributed by atoms with E-state index in [0.717, 1.165) is 16.7 Å². The largest absolute Gasteiger partial charge is 0.348 e. The highest BCUT2D eigenvalue weighted by Crippen LogP contribution is 2.31. The number of hydrogen-bond donors (Lipinski definition) is 1. The third-order valence-corrected chi connectivity index (χ3v) is 6.22. The van der Waals surface area contributed by atoms with Gasteiger partial charge in [-0.15, -0.1) is 0 Å². The fourth-order valence-electron chi connectivity index (χ4n) is 4.19. The van der Waals surface area contributed by atoms with Crippen LogP contribution >= 0.6 is 11.6 Å². The van der Waals surface area contributed by atoms with Crippen LogP contribution in [0.1, 0.15) is 28.7 Å². The Morgan fingerprint density at radius 1 is 0.970 bits per heavy atom. The summed E-state index contributed by atoms with van der Waals surface area (Å²) in [6, 6.07) is 25.1. The van der Waals surface area contributed by atoms with Crippen LogP contribution in [0.4, 0.5) is 0 Å². The summed E-state index contributed by atoms with van der Waals surface area (Å²) in [6.45, 7) is 0.706. The molecule has 0 saturated carbocycles. The average Bonchev–Trinajstić information content (AvgIpc) is 3.47. The Kier molecular flexibility index (Phi) is 5.94. The molecular weight excluding hydrogens is 436 g/mol. The maximum absolute atomic E-state index is 12.8. The highest BCUT2D eigenvalue weighted by atomic mass is 35.5. The molecule has 1 N–H and O–H groups in total. The normalized spacial score (nSPS) is 18.4. The third-order valence-electron chi connectivity index (χ3n) is 5.97. The van der Waals surface area contributed by atoms with E-state index in [1.807, 2.05) is 61.6 Å². The zero-order valence-electron chi connectivity index (χ0n) is 18.1. The van der Waals surface area contributed by atoms with E-state index in [1.165, 1.54) is 0 Å². The van der Waals surface area contributed by atoms with Gasteiger partial charge in [0, 0.05) is 28.7 Å². The van der Waals surface area contributed by atoms with Crippen molar-refractivity contribution < 1.29 is 9.32 Å². The van der Waals surface area contributed by atoms with E-state index in [4.69, 9.17) is 16.1 Å².